The van der Waals surface area contributed by atoms with Gasteiger partial charge in [0.2, 0.25) is 17.7 Å². The summed E-state index contributed by atoms with van der Waals surface area (Å²) in [7, 11) is 0. The molecule has 2 rings (SSSR count). The second kappa shape index (κ2) is 6.84. The third kappa shape index (κ3) is 3.36. The molecule has 0 saturated heterocycles. The molecule has 1 aromatic heterocycles. The van der Waals surface area contributed by atoms with E-state index in [9.17, 15) is 19.5 Å². The highest BCUT2D eigenvalue weighted by Gasteiger charge is 2.19. The molecule has 0 aliphatic heterocycles. The number of aromatic carboxylic acids is 1. The molecule has 2 aromatic rings. The van der Waals surface area contributed by atoms with Crippen molar-refractivity contribution in [2.45, 2.75) is 6.92 Å². The molecular weight excluding hydrogens is 316 g/mol. The monoisotopic (exact) mass is 330 g/mol. The van der Waals surface area contributed by atoms with Crippen molar-refractivity contribution in [3.05, 3.63) is 36.0 Å². The highest BCUT2D eigenvalue weighted by molar-refractivity contribution is 6.14. The van der Waals surface area contributed by atoms with Crippen LogP contribution in [0.15, 0.2) is 30.5 Å². The standard InChI is InChI=1S/C15H14N4O5/c1-8(20)19(12(21)6-16)10-4-2-9(3-5-10)13-17-7-11(15(23)24)14(22)18-13/h2-5,7H,6,16H2,1H3,(H,23,24)(H,17,18,22). The van der Waals surface area contributed by atoms with Crippen LogP contribution >= 0.6 is 0 Å². The average molecular weight is 330 g/mol. The minimum absolute atomic E-state index is 0.101. The zero-order chi connectivity index (χ0) is 17.9. The molecule has 0 fully saturated rings. The van der Waals surface area contributed by atoms with Gasteiger partial charge in [0.1, 0.15) is 5.56 Å². The lowest BCUT2D eigenvalue weighted by molar-refractivity contribution is -0.124. The summed E-state index contributed by atoms with van der Waals surface area (Å²) in [5, 5.41) is 18.4. The number of benzene rings is 1. The second-order valence-corrected chi connectivity index (χ2v) is 4.74. The van der Waals surface area contributed by atoms with Gasteiger partial charge in [0.05, 0.1) is 12.2 Å². The smallest absolute Gasteiger partial charge is 0.342 e. The van der Waals surface area contributed by atoms with Gasteiger partial charge in [-0.15, -0.1) is 0 Å². The van der Waals surface area contributed by atoms with Gasteiger partial charge >= 0.3 is 5.97 Å². The van der Waals surface area contributed by atoms with E-state index in [1.165, 1.54) is 31.2 Å². The van der Waals surface area contributed by atoms with E-state index in [4.69, 9.17) is 10.8 Å². The van der Waals surface area contributed by atoms with E-state index in [1.54, 1.807) is 0 Å². The Bertz CT molecular complexity index is 804. The summed E-state index contributed by atoms with van der Waals surface area (Å²) in [4.78, 5) is 42.7. The Morgan fingerprint density at radius 1 is 1.21 bits per heavy atom. The van der Waals surface area contributed by atoms with E-state index in [0.29, 0.717) is 11.3 Å². The van der Waals surface area contributed by atoms with Gasteiger partial charge in [-0.1, -0.05) is 0 Å². The lowest BCUT2D eigenvalue weighted by atomic mass is 10.1. The molecule has 1 heterocycles. The first-order valence-corrected chi connectivity index (χ1v) is 6.78. The minimum atomic E-state index is -1.34. The van der Waals surface area contributed by atoms with E-state index in [-0.39, 0.29) is 12.4 Å². The maximum Gasteiger partial charge on any atom is 0.342 e. The number of nitrogens with zero attached hydrogens (tertiary/aromatic N) is 3. The Morgan fingerprint density at radius 2 is 1.83 bits per heavy atom. The quantitative estimate of drug-likeness (QED) is 0.729. The maximum atomic E-state index is 11.7. The number of carboxylic acid groups (broad SMARTS) is 1. The maximum absolute atomic E-state index is 11.7. The van der Waals surface area contributed by atoms with Crippen LogP contribution in [0, 0.1) is 0 Å². The van der Waals surface area contributed by atoms with Gasteiger partial charge in [0.15, 0.2) is 5.82 Å². The molecule has 0 atom stereocenters. The van der Waals surface area contributed by atoms with Crippen LogP contribution in [-0.4, -0.2) is 44.5 Å². The summed E-state index contributed by atoms with van der Waals surface area (Å²) in [5.74, 6) is -2.91. The number of hydrogen-bond acceptors (Lipinski definition) is 7. The molecule has 24 heavy (non-hydrogen) atoms. The van der Waals surface area contributed by atoms with Crippen LogP contribution in [0.3, 0.4) is 0 Å². The molecule has 9 nitrogen and oxygen atoms in total. The SMILES string of the molecule is CC(=O)N(C(=O)CN)c1ccc(-c2ncc(C(=O)O)c(O)n2)cc1. The van der Waals surface area contributed by atoms with Crippen LogP contribution in [-0.2, 0) is 9.59 Å². The van der Waals surface area contributed by atoms with Crippen LogP contribution in [0.1, 0.15) is 17.3 Å². The van der Waals surface area contributed by atoms with Crippen molar-refractivity contribution >= 4 is 23.5 Å². The second-order valence-electron chi connectivity index (χ2n) is 4.74. The van der Waals surface area contributed by atoms with Crippen LogP contribution in [0.25, 0.3) is 11.4 Å². The molecule has 0 unspecified atom stereocenters. The summed E-state index contributed by atoms with van der Waals surface area (Å²) in [6.07, 6.45) is 0.994. The molecule has 0 saturated carbocycles. The fourth-order valence-corrected chi connectivity index (χ4v) is 2.02. The molecule has 1 aromatic carbocycles. The molecule has 4 N–H and O–H groups in total. The predicted molar refractivity (Wildman–Crippen MR) is 83.3 cm³/mol. The lowest BCUT2D eigenvalue weighted by Gasteiger charge is -2.18. The molecule has 0 aliphatic carbocycles. The molecule has 2 amide bonds. The number of carbonyl (C=O) groups is 3. The molecular formula is C15H14N4O5. The van der Waals surface area contributed by atoms with Crippen molar-refractivity contribution in [1.29, 1.82) is 0 Å². The summed E-state index contributed by atoms with van der Waals surface area (Å²) in [6, 6.07) is 6.06. The zero-order valence-electron chi connectivity index (χ0n) is 12.6. The number of carboxylic acids is 1. The normalized spacial score (nSPS) is 10.2. The van der Waals surface area contributed by atoms with E-state index in [0.717, 1.165) is 11.1 Å². The van der Waals surface area contributed by atoms with E-state index in [2.05, 4.69) is 9.97 Å². The average Bonchev–Trinajstić information content (AvgIpc) is 2.54. The Hall–Kier alpha value is -3.33. The van der Waals surface area contributed by atoms with E-state index >= 15 is 0 Å². The predicted octanol–water partition coefficient (Wildman–Crippen LogP) is 0.386. The van der Waals surface area contributed by atoms with Crippen molar-refractivity contribution in [2.24, 2.45) is 5.73 Å². The fourth-order valence-electron chi connectivity index (χ4n) is 2.02. The van der Waals surface area contributed by atoms with Crippen molar-refractivity contribution in [1.82, 2.24) is 9.97 Å². The van der Waals surface area contributed by atoms with Crippen molar-refractivity contribution in [2.75, 3.05) is 11.4 Å². The molecule has 0 radical (unpaired) electrons. The summed E-state index contributed by atoms with van der Waals surface area (Å²) >= 11 is 0. The van der Waals surface area contributed by atoms with Gasteiger partial charge in [0, 0.05) is 18.7 Å². The van der Waals surface area contributed by atoms with Crippen molar-refractivity contribution in [3.8, 4) is 17.3 Å². The highest BCUT2D eigenvalue weighted by Crippen LogP contribution is 2.23. The number of amides is 2. The summed E-state index contributed by atoms with van der Waals surface area (Å²) < 4.78 is 0. The molecule has 124 valence electrons. The summed E-state index contributed by atoms with van der Waals surface area (Å²) in [6.45, 7) is 0.933. The molecule has 9 heteroatoms. The lowest BCUT2D eigenvalue weighted by Crippen LogP contribution is -2.39. The Balaban J connectivity index is 2.35. The fraction of sp³-hybridized carbons (Fsp3) is 0.133. The van der Waals surface area contributed by atoms with Crippen molar-refractivity contribution in [3.63, 3.8) is 0 Å². The minimum Gasteiger partial charge on any atom is -0.493 e. The van der Waals surface area contributed by atoms with Gasteiger partial charge in [-0.05, 0) is 24.3 Å². The highest BCUT2D eigenvalue weighted by atomic mass is 16.4. The van der Waals surface area contributed by atoms with Crippen LogP contribution < -0.4 is 10.6 Å². The van der Waals surface area contributed by atoms with Gasteiger partial charge in [0.25, 0.3) is 0 Å². The number of hydrogen-bond donors (Lipinski definition) is 3. The van der Waals surface area contributed by atoms with Gasteiger partial charge < -0.3 is 15.9 Å². The first-order valence-electron chi connectivity index (χ1n) is 6.78. The van der Waals surface area contributed by atoms with E-state index in [1.807, 2.05) is 0 Å². The summed E-state index contributed by atoms with van der Waals surface area (Å²) in [5.41, 5.74) is 5.67. The number of carbonyl (C=O) groups excluding carboxylic acids is 2. The number of aromatic hydroxyl groups is 1. The van der Waals surface area contributed by atoms with Crippen LogP contribution in [0.4, 0.5) is 5.69 Å². The van der Waals surface area contributed by atoms with Crippen LogP contribution in [0.2, 0.25) is 0 Å². The Morgan fingerprint density at radius 3 is 2.29 bits per heavy atom. The third-order valence-corrected chi connectivity index (χ3v) is 3.12. The Kier molecular flexibility index (Phi) is 4.85. The van der Waals surface area contributed by atoms with E-state index < -0.39 is 29.2 Å². The first-order chi connectivity index (χ1) is 11.3. The molecule has 0 spiro atoms. The Labute approximate surface area is 136 Å². The van der Waals surface area contributed by atoms with Gasteiger partial charge in [-0.3, -0.25) is 9.59 Å². The van der Waals surface area contributed by atoms with Crippen LogP contribution in [0.5, 0.6) is 5.88 Å². The van der Waals surface area contributed by atoms with Crippen molar-refractivity contribution < 1.29 is 24.6 Å². The van der Waals surface area contributed by atoms with Gasteiger partial charge in [-0.25, -0.2) is 14.7 Å². The topological polar surface area (TPSA) is 147 Å². The first kappa shape index (κ1) is 17.0. The van der Waals surface area contributed by atoms with Gasteiger partial charge in [-0.2, -0.15) is 4.98 Å². The number of aromatic nitrogens is 2. The molecule has 0 bridgehead atoms. The third-order valence-electron chi connectivity index (χ3n) is 3.12. The zero-order valence-corrected chi connectivity index (χ0v) is 12.6. The number of nitrogens with two attached hydrogens (primary N) is 1. The number of anilines is 1. The largest absolute Gasteiger partial charge is 0.493 e. The number of imide groups is 1. The number of rotatable bonds is 4. The molecule has 0 aliphatic rings.